The Morgan fingerprint density at radius 3 is 2.45 bits per heavy atom. The molecule has 0 aromatic rings. The van der Waals surface area contributed by atoms with Crippen molar-refractivity contribution in [2.24, 2.45) is 0 Å². The number of carbonyl (C=O) groups is 1. The van der Waals surface area contributed by atoms with Crippen LogP contribution in [0.15, 0.2) is 12.2 Å². The van der Waals surface area contributed by atoms with Gasteiger partial charge in [0, 0.05) is 5.57 Å². The number of carboxylic acids is 1. The summed E-state index contributed by atoms with van der Waals surface area (Å²) in [7, 11) is 0. The van der Waals surface area contributed by atoms with Gasteiger partial charge in [0.1, 0.15) is 0 Å². The van der Waals surface area contributed by atoms with E-state index in [9.17, 15) is 4.79 Å². The number of carboxylic acid groups (broad SMARTS) is 1. The third-order valence-electron chi connectivity index (χ3n) is 1.38. The molecule has 0 radical (unpaired) electrons. The SMILES string of the molecule is C=C(CCCCC)C(=O)O.[H-].[H-].[Mg+2]. The minimum absolute atomic E-state index is 0. The maximum absolute atomic E-state index is 10.2. The van der Waals surface area contributed by atoms with Gasteiger partial charge in [-0.1, -0.05) is 26.3 Å². The van der Waals surface area contributed by atoms with Crippen molar-refractivity contribution < 1.29 is 12.8 Å². The van der Waals surface area contributed by atoms with E-state index in [0.29, 0.717) is 12.0 Å². The van der Waals surface area contributed by atoms with Crippen LogP contribution in [-0.4, -0.2) is 34.1 Å². The summed E-state index contributed by atoms with van der Waals surface area (Å²) in [5.41, 5.74) is 0.327. The molecule has 0 saturated heterocycles. The molecule has 1 N–H and O–H groups in total. The van der Waals surface area contributed by atoms with E-state index >= 15 is 0 Å². The summed E-state index contributed by atoms with van der Waals surface area (Å²) in [6, 6.07) is 0. The average molecular weight is 169 g/mol. The Balaban J connectivity index is -0.000000135. The molecule has 0 bridgehead atoms. The van der Waals surface area contributed by atoms with Crippen LogP contribution in [0, 0.1) is 0 Å². The van der Waals surface area contributed by atoms with Gasteiger partial charge in [0.15, 0.2) is 0 Å². The van der Waals surface area contributed by atoms with Crippen molar-refractivity contribution >= 4 is 29.0 Å². The normalized spacial score (nSPS) is 8.45. The van der Waals surface area contributed by atoms with E-state index in [-0.39, 0.29) is 25.9 Å². The zero-order chi connectivity index (χ0) is 7.98. The largest absolute Gasteiger partial charge is 2.00 e. The number of hydrogen-bond donors (Lipinski definition) is 1. The molecule has 0 aromatic carbocycles. The number of hydrogen-bond acceptors (Lipinski definition) is 1. The van der Waals surface area contributed by atoms with Gasteiger partial charge < -0.3 is 7.96 Å². The predicted molar refractivity (Wildman–Crippen MR) is 48.9 cm³/mol. The summed E-state index contributed by atoms with van der Waals surface area (Å²) in [4.78, 5) is 10.2. The first-order valence-corrected chi connectivity index (χ1v) is 3.59. The zero-order valence-corrected chi connectivity index (χ0v) is 8.51. The molecule has 0 aliphatic carbocycles. The van der Waals surface area contributed by atoms with E-state index in [2.05, 4.69) is 13.5 Å². The molecule has 0 aromatic heterocycles. The molecular weight excluding hydrogens is 152 g/mol. The van der Waals surface area contributed by atoms with E-state index in [0.717, 1.165) is 19.3 Å². The Labute approximate surface area is 86.8 Å². The maximum atomic E-state index is 10.2. The van der Waals surface area contributed by atoms with Gasteiger partial charge >= 0.3 is 29.0 Å². The molecule has 3 heteroatoms. The molecule has 0 fully saturated rings. The fourth-order valence-electron chi connectivity index (χ4n) is 0.695. The van der Waals surface area contributed by atoms with Gasteiger partial charge in [0.05, 0.1) is 0 Å². The summed E-state index contributed by atoms with van der Waals surface area (Å²) < 4.78 is 0. The molecule has 11 heavy (non-hydrogen) atoms. The van der Waals surface area contributed by atoms with Gasteiger partial charge in [-0.3, -0.25) is 0 Å². The number of aliphatic carboxylic acids is 1. The molecule has 0 aliphatic rings. The molecule has 0 atom stereocenters. The van der Waals surface area contributed by atoms with E-state index in [1.165, 1.54) is 0 Å². The molecule has 62 valence electrons. The first kappa shape index (κ1) is 13.6. The van der Waals surface area contributed by atoms with Crippen molar-refractivity contribution in [3.05, 3.63) is 12.2 Å². The summed E-state index contributed by atoms with van der Waals surface area (Å²) in [6.07, 6.45) is 3.78. The summed E-state index contributed by atoms with van der Waals surface area (Å²) in [5.74, 6) is -0.865. The van der Waals surface area contributed by atoms with Gasteiger partial charge in [-0.2, -0.15) is 0 Å². The standard InChI is InChI=1S/C8H14O2.Mg.2H/c1-3-4-5-6-7(2)8(9)10;;;/h2-6H2,1H3,(H,9,10);;;/q;+2;2*-1. The van der Waals surface area contributed by atoms with Crippen LogP contribution in [0.5, 0.6) is 0 Å². The second-order valence-electron chi connectivity index (χ2n) is 2.37. The molecule has 0 heterocycles. The molecular formula is C8H16MgO2. The molecule has 0 unspecified atom stereocenters. The molecule has 0 spiro atoms. The van der Waals surface area contributed by atoms with Gasteiger partial charge in [0.25, 0.3) is 0 Å². The first-order chi connectivity index (χ1) is 4.68. The second kappa shape index (κ2) is 8.08. The van der Waals surface area contributed by atoms with Crippen molar-refractivity contribution in [2.45, 2.75) is 32.6 Å². The van der Waals surface area contributed by atoms with Crippen LogP contribution in [0.2, 0.25) is 0 Å². The van der Waals surface area contributed by atoms with Gasteiger partial charge in [-0.05, 0) is 12.8 Å². The van der Waals surface area contributed by atoms with Crippen LogP contribution < -0.4 is 0 Å². The summed E-state index contributed by atoms with van der Waals surface area (Å²) >= 11 is 0. The maximum Gasteiger partial charge on any atom is 2.00 e. The van der Waals surface area contributed by atoms with Crippen LogP contribution >= 0.6 is 0 Å². The van der Waals surface area contributed by atoms with Crippen LogP contribution in [0.3, 0.4) is 0 Å². The van der Waals surface area contributed by atoms with E-state index in [1.54, 1.807) is 0 Å². The Morgan fingerprint density at radius 1 is 1.55 bits per heavy atom. The molecule has 0 aliphatic heterocycles. The third kappa shape index (κ3) is 7.88. The summed E-state index contributed by atoms with van der Waals surface area (Å²) in [6.45, 7) is 5.51. The Morgan fingerprint density at radius 2 is 2.09 bits per heavy atom. The topological polar surface area (TPSA) is 37.3 Å². The summed E-state index contributed by atoms with van der Waals surface area (Å²) in [5, 5.41) is 8.38. The van der Waals surface area contributed by atoms with Crippen LogP contribution in [0.1, 0.15) is 35.5 Å². The van der Waals surface area contributed by atoms with Crippen LogP contribution in [0.25, 0.3) is 0 Å². The fraction of sp³-hybridized carbons (Fsp3) is 0.625. The van der Waals surface area contributed by atoms with Crippen molar-refractivity contribution in [1.82, 2.24) is 0 Å². The number of rotatable bonds is 5. The minimum atomic E-state index is -0.865. The Bertz CT molecular complexity index is 140. The van der Waals surface area contributed by atoms with E-state index in [4.69, 9.17) is 5.11 Å². The minimum Gasteiger partial charge on any atom is -1.00 e. The predicted octanol–water partition coefficient (Wildman–Crippen LogP) is 2.05. The van der Waals surface area contributed by atoms with Gasteiger partial charge in [-0.25, -0.2) is 4.79 Å². The average Bonchev–Trinajstić information content (AvgIpc) is 1.88. The van der Waals surface area contributed by atoms with Gasteiger partial charge in [0.2, 0.25) is 0 Å². The van der Waals surface area contributed by atoms with Crippen molar-refractivity contribution in [3.8, 4) is 0 Å². The smallest absolute Gasteiger partial charge is 1.00 e. The number of unbranched alkanes of at least 4 members (excludes halogenated alkanes) is 2. The Hall–Kier alpha value is -0.0238. The van der Waals surface area contributed by atoms with Crippen LogP contribution in [0.4, 0.5) is 0 Å². The van der Waals surface area contributed by atoms with Crippen molar-refractivity contribution in [3.63, 3.8) is 0 Å². The van der Waals surface area contributed by atoms with E-state index in [1.807, 2.05) is 0 Å². The third-order valence-corrected chi connectivity index (χ3v) is 1.38. The molecule has 0 rings (SSSR count). The molecule has 0 amide bonds. The molecule has 2 nitrogen and oxygen atoms in total. The van der Waals surface area contributed by atoms with E-state index < -0.39 is 5.97 Å². The fourth-order valence-corrected chi connectivity index (χ4v) is 0.695. The first-order valence-electron chi connectivity index (χ1n) is 3.59. The molecule has 0 saturated carbocycles. The van der Waals surface area contributed by atoms with Crippen molar-refractivity contribution in [2.75, 3.05) is 0 Å². The zero-order valence-electron chi connectivity index (χ0n) is 9.10. The monoisotopic (exact) mass is 168 g/mol. The van der Waals surface area contributed by atoms with Crippen LogP contribution in [-0.2, 0) is 4.79 Å². The van der Waals surface area contributed by atoms with Gasteiger partial charge in [-0.15, -0.1) is 0 Å². The quantitative estimate of drug-likeness (QED) is 0.388. The Kier molecular flexibility index (Phi) is 9.95. The van der Waals surface area contributed by atoms with Crippen molar-refractivity contribution in [1.29, 1.82) is 0 Å². The second-order valence-corrected chi connectivity index (χ2v) is 2.37.